The van der Waals surface area contributed by atoms with Gasteiger partial charge in [-0.25, -0.2) is 4.98 Å². The standard InChI is InChI=1S/C27H36N4O.2ClH/c1-17-3-5-23-22(4-6-24(29-23)31-8-7-21(16-31)28-2)26(17)30-25(32)15-27-12-18-9-19(13-27)11-20(10-18)14-27;;/h3-6,18-21,28H,7-16H2,1-2H3,(H,30,32);2*1H/t18?,19?,20?,21-,27?;;/m0../s1. The van der Waals surface area contributed by atoms with Crippen LogP contribution in [0.25, 0.3) is 10.9 Å². The molecule has 5 nitrogen and oxygen atoms in total. The molecule has 186 valence electrons. The van der Waals surface area contributed by atoms with E-state index in [1.807, 2.05) is 7.05 Å². The molecule has 2 heterocycles. The molecule has 4 saturated carbocycles. The summed E-state index contributed by atoms with van der Waals surface area (Å²) in [6, 6.07) is 8.99. The van der Waals surface area contributed by atoms with E-state index in [-0.39, 0.29) is 36.1 Å². The van der Waals surface area contributed by atoms with Gasteiger partial charge in [-0.05, 0) is 106 Å². The second-order valence-electron chi connectivity index (χ2n) is 11.4. The minimum atomic E-state index is 0. The highest BCUT2D eigenvalue weighted by Gasteiger charge is 2.51. The van der Waals surface area contributed by atoms with Gasteiger partial charge in [0.25, 0.3) is 0 Å². The second kappa shape index (κ2) is 9.83. The summed E-state index contributed by atoms with van der Waals surface area (Å²) in [6.07, 6.45) is 9.92. The van der Waals surface area contributed by atoms with E-state index >= 15 is 0 Å². The van der Waals surface area contributed by atoms with Crippen molar-refractivity contribution in [3.63, 3.8) is 0 Å². The lowest BCUT2D eigenvalue weighted by molar-refractivity contribution is -0.124. The molecule has 1 atom stereocenters. The van der Waals surface area contributed by atoms with E-state index in [4.69, 9.17) is 4.98 Å². The fourth-order valence-electron chi connectivity index (χ4n) is 7.88. The number of amides is 1. The fraction of sp³-hybridized carbons (Fsp3) is 0.630. The summed E-state index contributed by atoms with van der Waals surface area (Å²) in [5.41, 5.74) is 3.29. The minimum absolute atomic E-state index is 0. The van der Waals surface area contributed by atoms with Gasteiger partial charge in [0.1, 0.15) is 5.82 Å². The van der Waals surface area contributed by atoms with Crippen LogP contribution in [-0.2, 0) is 4.79 Å². The molecule has 7 heteroatoms. The number of anilines is 2. The van der Waals surface area contributed by atoms with Crippen LogP contribution < -0.4 is 15.5 Å². The number of carbonyl (C=O) groups excluding carboxylic acids is 1. The van der Waals surface area contributed by atoms with Crippen LogP contribution in [0.1, 0.15) is 56.9 Å². The van der Waals surface area contributed by atoms with E-state index in [0.29, 0.717) is 12.5 Å². The van der Waals surface area contributed by atoms with Crippen molar-refractivity contribution in [1.29, 1.82) is 0 Å². The number of hydrogen-bond acceptors (Lipinski definition) is 4. The van der Waals surface area contributed by atoms with Crippen molar-refractivity contribution in [2.45, 2.75) is 64.3 Å². The molecule has 0 spiro atoms. The van der Waals surface area contributed by atoms with E-state index in [9.17, 15) is 4.79 Å². The van der Waals surface area contributed by atoms with E-state index in [2.05, 4.69) is 46.7 Å². The summed E-state index contributed by atoms with van der Waals surface area (Å²) in [6.45, 7) is 4.12. The van der Waals surface area contributed by atoms with Crippen LogP contribution in [0.15, 0.2) is 24.3 Å². The van der Waals surface area contributed by atoms with E-state index in [1.54, 1.807) is 0 Å². The van der Waals surface area contributed by atoms with Crippen molar-refractivity contribution in [3.05, 3.63) is 29.8 Å². The first-order chi connectivity index (χ1) is 15.5. The van der Waals surface area contributed by atoms with Crippen LogP contribution in [0.5, 0.6) is 0 Å². The summed E-state index contributed by atoms with van der Waals surface area (Å²) in [4.78, 5) is 20.6. The summed E-state index contributed by atoms with van der Waals surface area (Å²) < 4.78 is 0. The Balaban J connectivity index is 0.00000137. The number of aromatic nitrogens is 1. The number of benzene rings is 1. The smallest absolute Gasteiger partial charge is 0.224 e. The number of pyridine rings is 1. The van der Waals surface area contributed by atoms with Crippen LogP contribution >= 0.6 is 24.8 Å². The van der Waals surface area contributed by atoms with Crippen molar-refractivity contribution in [1.82, 2.24) is 10.3 Å². The van der Waals surface area contributed by atoms with Gasteiger partial charge in [0.05, 0.1) is 11.2 Å². The highest BCUT2D eigenvalue weighted by molar-refractivity contribution is 6.02. The molecule has 34 heavy (non-hydrogen) atoms. The maximum Gasteiger partial charge on any atom is 0.224 e. The first kappa shape index (κ1) is 25.5. The molecule has 7 rings (SSSR count). The van der Waals surface area contributed by atoms with Gasteiger partial charge >= 0.3 is 0 Å². The Hall–Kier alpha value is -1.56. The fourth-order valence-corrected chi connectivity index (χ4v) is 7.88. The Labute approximate surface area is 215 Å². The van der Waals surface area contributed by atoms with Gasteiger partial charge in [0.2, 0.25) is 5.91 Å². The lowest BCUT2D eigenvalue weighted by Gasteiger charge is -2.56. The molecule has 0 radical (unpaired) electrons. The van der Waals surface area contributed by atoms with E-state index in [1.165, 1.54) is 38.5 Å². The molecular formula is C27H38Cl2N4O. The van der Waals surface area contributed by atoms with E-state index in [0.717, 1.165) is 65.2 Å². The normalized spacial score (nSPS) is 31.3. The third-order valence-electron chi connectivity index (χ3n) is 8.95. The van der Waals surface area contributed by atoms with Crippen molar-refractivity contribution in [2.24, 2.45) is 23.2 Å². The Morgan fingerprint density at radius 3 is 2.35 bits per heavy atom. The maximum atomic E-state index is 13.3. The SMILES string of the molecule is CN[C@H]1CCN(c2ccc3c(NC(=O)CC45CC6CC(CC(C6)C4)C5)c(C)ccc3n2)C1.Cl.Cl. The molecule has 4 bridgehead atoms. The second-order valence-corrected chi connectivity index (χ2v) is 11.4. The third kappa shape index (κ3) is 4.64. The molecule has 1 amide bonds. The number of hydrogen-bond donors (Lipinski definition) is 2. The predicted octanol–water partition coefficient (Wildman–Crippen LogP) is 5.73. The predicted molar refractivity (Wildman–Crippen MR) is 145 cm³/mol. The van der Waals surface area contributed by atoms with Gasteiger partial charge in [-0.1, -0.05) is 6.07 Å². The summed E-state index contributed by atoms with van der Waals surface area (Å²) >= 11 is 0. The Morgan fingerprint density at radius 1 is 1.06 bits per heavy atom. The average Bonchev–Trinajstić information content (AvgIpc) is 3.23. The first-order valence-electron chi connectivity index (χ1n) is 12.6. The van der Waals surface area contributed by atoms with Gasteiger partial charge in [-0.15, -0.1) is 24.8 Å². The first-order valence-corrected chi connectivity index (χ1v) is 12.6. The van der Waals surface area contributed by atoms with Crippen molar-refractivity contribution >= 4 is 53.1 Å². The lowest BCUT2D eigenvalue weighted by Crippen LogP contribution is -2.47. The molecule has 5 fully saturated rings. The van der Waals surface area contributed by atoms with Gasteiger partial charge < -0.3 is 15.5 Å². The van der Waals surface area contributed by atoms with Crippen LogP contribution in [0.4, 0.5) is 11.5 Å². The quantitative estimate of drug-likeness (QED) is 0.545. The zero-order chi connectivity index (χ0) is 21.9. The topological polar surface area (TPSA) is 57.3 Å². The number of likely N-dealkylation sites (N-methyl/N-ethyl adjacent to an activating group) is 1. The van der Waals surface area contributed by atoms with Crippen LogP contribution in [-0.4, -0.2) is 37.1 Å². The van der Waals surface area contributed by atoms with Crippen molar-refractivity contribution in [2.75, 3.05) is 30.4 Å². The zero-order valence-corrected chi connectivity index (χ0v) is 21.9. The summed E-state index contributed by atoms with van der Waals surface area (Å²) in [5.74, 6) is 3.87. The van der Waals surface area contributed by atoms with Crippen LogP contribution in [0.3, 0.4) is 0 Å². The largest absolute Gasteiger partial charge is 0.355 e. The molecule has 1 aromatic carbocycles. The average molecular weight is 506 g/mol. The number of aryl methyl sites for hydroxylation is 1. The molecule has 4 aliphatic carbocycles. The number of fused-ring (bicyclic) bond motifs is 1. The molecule has 5 aliphatic rings. The number of halogens is 2. The van der Waals surface area contributed by atoms with Crippen LogP contribution in [0.2, 0.25) is 0 Å². The number of rotatable bonds is 5. The minimum Gasteiger partial charge on any atom is -0.355 e. The maximum absolute atomic E-state index is 13.3. The number of nitrogens with zero attached hydrogens (tertiary/aromatic N) is 2. The van der Waals surface area contributed by atoms with Gasteiger partial charge in [-0.2, -0.15) is 0 Å². The third-order valence-corrected chi connectivity index (χ3v) is 8.95. The molecule has 1 saturated heterocycles. The van der Waals surface area contributed by atoms with Crippen molar-refractivity contribution < 1.29 is 4.79 Å². The van der Waals surface area contributed by atoms with Crippen LogP contribution in [0, 0.1) is 30.1 Å². The van der Waals surface area contributed by atoms with E-state index < -0.39 is 0 Å². The number of carbonyl (C=O) groups is 1. The summed E-state index contributed by atoms with van der Waals surface area (Å²) in [5, 5.41) is 7.76. The lowest BCUT2D eigenvalue weighted by atomic mass is 9.49. The Bertz CT molecular complexity index is 1020. The molecule has 2 N–H and O–H groups in total. The Morgan fingerprint density at radius 2 is 1.74 bits per heavy atom. The monoisotopic (exact) mass is 504 g/mol. The molecule has 2 aromatic rings. The molecule has 1 aromatic heterocycles. The molecule has 0 unspecified atom stereocenters. The molecule has 1 aliphatic heterocycles. The van der Waals surface area contributed by atoms with Gasteiger partial charge in [0, 0.05) is 30.9 Å². The highest BCUT2D eigenvalue weighted by atomic mass is 35.5. The van der Waals surface area contributed by atoms with Gasteiger partial charge in [-0.3, -0.25) is 4.79 Å². The molecular weight excluding hydrogens is 467 g/mol. The van der Waals surface area contributed by atoms with Gasteiger partial charge in [0.15, 0.2) is 0 Å². The zero-order valence-electron chi connectivity index (χ0n) is 20.3. The highest BCUT2D eigenvalue weighted by Crippen LogP contribution is 2.61. The Kier molecular flexibility index (Phi) is 7.38. The number of nitrogens with one attached hydrogen (secondary N) is 2. The summed E-state index contributed by atoms with van der Waals surface area (Å²) in [7, 11) is 2.03. The van der Waals surface area contributed by atoms with Crippen molar-refractivity contribution in [3.8, 4) is 0 Å².